The number of aromatic nitrogens is 1. The Morgan fingerprint density at radius 2 is 2.33 bits per heavy atom. The van der Waals surface area contributed by atoms with E-state index in [0.717, 1.165) is 17.8 Å². The highest BCUT2D eigenvalue weighted by molar-refractivity contribution is 7.13. The van der Waals surface area contributed by atoms with Crippen LogP contribution in [0.25, 0.3) is 0 Å². The van der Waals surface area contributed by atoms with E-state index in [2.05, 4.69) is 10.3 Å². The molecule has 8 heteroatoms. The van der Waals surface area contributed by atoms with Gasteiger partial charge in [-0.3, -0.25) is 0 Å². The summed E-state index contributed by atoms with van der Waals surface area (Å²) in [6.07, 6.45) is 0.840. The summed E-state index contributed by atoms with van der Waals surface area (Å²) in [4.78, 5) is 29.3. The Morgan fingerprint density at radius 3 is 2.95 bits per heavy atom. The molecule has 21 heavy (non-hydrogen) atoms. The van der Waals surface area contributed by atoms with Crippen molar-refractivity contribution in [1.82, 2.24) is 15.2 Å². The number of hydrogen-bond donors (Lipinski definition) is 2. The first kappa shape index (κ1) is 15.7. The van der Waals surface area contributed by atoms with Crippen LogP contribution in [0, 0.1) is 6.92 Å². The van der Waals surface area contributed by atoms with E-state index in [4.69, 9.17) is 9.84 Å². The summed E-state index contributed by atoms with van der Waals surface area (Å²) in [5, 5.41) is 12.4. The van der Waals surface area contributed by atoms with Crippen LogP contribution in [0.2, 0.25) is 0 Å². The van der Waals surface area contributed by atoms with E-state index in [1.807, 2.05) is 6.92 Å². The van der Waals surface area contributed by atoms with Gasteiger partial charge in [0, 0.05) is 6.54 Å². The summed E-state index contributed by atoms with van der Waals surface area (Å²) in [6.45, 7) is 5.59. The minimum atomic E-state index is -0.984. The molecule has 1 aromatic heterocycles. The molecule has 1 aliphatic heterocycles. The van der Waals surface area contributed by atoms with Gasteiger partial charge in [-0.2, -0.15) is 0 Å². The maximum Gasteiger partial charge on any atom is 0.347 e. The average molecular weight is 313 g/mol. The van der Waals surface area contributed by atoms with Crippen molar-refractivity contribution >= 4 is 23.3 Å². The first-order valence-electron chi connectivity index (χ1n) is 6.84. The van der Waals surface area contributed by atoms with Crippen molar-refractivity contribution in [3.05, 3.63) is 15.6 Å². The van der Waals surface area contributed by atoms with Crippen molar-refractivity contribution < 1.29 is 19.4 Å². The third-order valence-corrected chi connectivity index (χ3v) is 4.53. The number of amides is 2. The largest absolute Gasteiger partial charge is 0.477 e. The molecule has 0 aliphatic carbocycles. The normalized spacial score (nSPS) is 18.6. The second kappa shape index (κ2) is 6.86. The van der Waals surface area contributed by atoms with Gasteiger partial charge in [0.2, 0.25) is 0 Å². The van der Waals surface area contributed by atoms with Crippen LogP contribution < -0.4 is 5.32 Å². The van der Waals surface area contributed by atoms with E-state index in [1.165, 1.54) is 0 Å². The number of nitrogens with zero attached hydrogens (tertiary/aromatic N) is 2. The Morgan fingerprint density at radius 1 is 1.57 bits per heavy atom. The molecule has 0 radical (unpaired) electrons. The quantitative estimate of drug-likeness (QED) is 0.878. The Balaban J connectivity index is 1.94. The smallest absolute Gasteiger partial charge is 0.347 e. The molecule has 1 atom stereocenters. The van der Waals surface area contributed by atoms with Gasteiger partial charge in [0.05, 0.1) is 31.5 Å². The van der Waals surface area contributed by atoms with Gasteiger partial charge in [-0.15, -0.1) is 11.3 Å². The molecule has 116 valence electrons. The van der Waals surface area contributed by atoms with Crippen molar-refractivity contribution in [3.63, 3.8) is 0 Å². The molecule has 2 amide bonds. The first-order valence-corrected chi connectivity index (χ1v) is 7.66. The van der Waals surface area contributed by atoms with Crippen molar-refractivity contribution in [1.29, 1.82) is 0 Å². The van der Waals surface area contributed by atoms with Crippen LogP contribution in [0.4, 0.5) is 4.79 Å². The summed E-state index contributed by atoms with van der Waals surface area (Å²) in [6, 6.07) is -0.0683. The fourth-order valence-corrected chi connectivity index (χ4v) is 3.08. The van der Waals surface area contributed by atoms with Gasteiger partial charge in [-0.1, -0.05) is 6.92 Å². The number of rotatable bonds is 4. The number of carboxylic acid groups (broad SMARTS) is 1. The minimum absolute atomic E-state index is 0.0892. The lowest BCUT2D eigenvalue weighted by Gasteiger charge is -2.34. The van der Waals surface area contributed by atoms with Crippen LogP contribution in [0.3, 0.4) is 0 Å². The zero-order valence-corrected chi connectivity index (χ0v) is 12.9. The van der Waals surface area contributed by atoms with E-state index in [9.17, 15) is 9.59 Å². The number of thiazole rings is 1. The summed E-state index contributed by atoms with van der Waals surface area (Å²) < 4.78 is 5.36. The molecule has 1 aliphatic rings. The SMILES string of the molecule is CCC1COCCN1C(=O)NCc1nc(C)c(C(=O)O)s1. The number of carboxylic acids is 1. The number of hydrogen-bond acceptors (Lipinski definition) is 5. The molecule has 1 fully saturated rings. The number of ether oxygens (including phenoxy) is 1. The topological polar surface area (TPSA) is 91.8 Å². The van der Waals surface area contributed by atoms with E-state index >= 15 is 0 Å². The Labute approximate surface area is 126 Å². The van der Waals surface area contributed by atoms with Crippen LogP contribution in [0.1, 0.15) is 33.7 Å². The molecule has 0 bridgehead atoms. The summed E-state index contributed by atoms with van der Waals surface area (Å²) in [5.74, 6) is -0.984. The predicted molar refractivity (Wildman–Crippen MR) is 77.7 cm³/mol. The summed E-state index contributed by atoms with van der Waals surface area (Å²) in [7, 11) is 0. The molecule has 7 nitrogen and oxygen atoms in total. The highest BCUT2D eigenvalue weighted by Gasteiger charge is 2.26. The van der Waals surface area contributed by atoms with E-state index < -0.39 is 5.97 Å². The number of urea groups is 1. The third-order valence-electron chi connectivity index (χ3n) is 3.39. The monoisotopic (exact) mass is 313 g/mol. The van der Waals surface area contributed by atoms with E-state index in [-0.39, 0.29) is 23.5 Å². The minimum Gasteiger partial charge on any atom is -0.477 e. The number of morpholine rings is 1. The molecular weight excluding hydrogens is 294 g/mol. The standard InChI is InChI=1S/C13H19N3O4S/c1-3-9-7-20-5-4-16(9)13(19)14-6-10-15-8(2)11(21-10)12(17)18/h9H,3-7H2,1-2H3,(H,14,19)(H,17,18). The van der Waals surface area contributed by atoms with Gasteiger partial charge in [0.1, 0.15) is 9.88 Å². The molecule has 1 aromatic rings. The van der Waals surface area contributed by atoms with Crippen LogP contribution in [0.15, 0.2) is 0 Å². The molecule has 1 saturated heterocycles. The van der Waals surface area contributed by atoms with Gasteiger partial charge in [0.15, 0.2) is 0 Å². The lowest BCUT2D eigenvalue weighted by molar-refractivity contribution is 0.0112. The predicted octanol–water partition coefficient (Wildman–Crippen LogP) is 1.47. The lowest BCUT2D eigenvalue weighted by Crippen LogP contribution is -2.52. The zero-order chi connectivity index (χ0) is 15.4. The number of aromatic carboxylic acids is 1. The third kappa shape index (κ3) is 3.70. The fraction of sp³-hybridized carbons (Fsp3) is 0.615. The molecular formula is C13H19N3O4S. The van der Waals surface area contributed by atoms with Gasteiger partial charge in [0.25, 0.3) is 0 Å². The molecule has 2 rings (SSSR count). The maximum absolute atomic E-state index is 12.2. The second-order valence-corrected chi connectivity index (χ2v) is 5.90. The Kier molecular flexibility index (Phi) is 5.13. The zero-order valence-electron chi connectivity index (χ0n) is 12.1. The first-order chi connectivity index (χ1) is 10.0. The van der Waals surface area contributed by atoms with Gasteiger partial charge < -0.3 is 20.1 Å². The van der Waals surface area contributed by atoms with Crippen LogP contribution in [0.5, 0.6) is 0 Å². The Bertz CT molecular complexity index is 531. The van der Waals surface area contributed by atoms with Crippen LogP contribution in [-0.2, 0) is 11.3 Å². The number of nitrogens with one attached hydrogen (secondary N) is 1. The average Bonchev–Trinajstić information content (AvgIpc) is 2.86. The highest BCUT2D eigenvalue weighted by atomic mass is 32.1. The second-order valence-electron chi connectivity index (χ2n) is 4.82. The van der Waals surface area contributed by atoms with Crippen LogP contribution >= 0.6 is 11.3 Å². The molecule has 0 aromatic carbocycles. The molecule has 0 saturated carbocycles. The molecule has 0 spiro atoms. The summed E-state index contributed by atoms with van der Waals surface area (Å²) in [5.41, 5.74) is 0.481. The van der Waals surface area contributed by atoms with Crippen LogP contribution in [-0.4, -0.2) is 52.8 Å². The molecule has 2 N–H and O–H groups in total. The number of carbonyl (C=O) groups is 2. The van der Waals surface area contributed by atoms with E-state index in [1.54, 1.807) is 11.8 Å². The van der Waals surface area contributed by atoms with Crippen molar-refractivity contribution in [2.75, 3.05) is 19.8 Å². The van der Waals surface area contributed by atoms with E-state index in [0.29, 0.717) is 30.5 Å². The number of carbonyl (C=O) groups excluding carboxylic acids is 1. The highest BCUT2D eigenvalue weighted by Crippen LogP contribution is 2.18. The van der Waals surface area contributed by atoms with Crippen molar-refractivity contribution in [2.24, 2.45) is 0 Å². The number of aryl methyl sites for hydroxylation is 1. The maximum atomic E-state index is 12.2. The Hall–Kier alpha value is -1.67. The molecule has 1 unspecified atom stereocenters. The van der Waals surface area contributed by atoms with Crippen molar-refractivity contribution in [3.8, 4) is 0 Å². The van der Waals surface area contributed by atoms with Crippen molar-refractivity contribution in [2.45, 2.75) is 32.9 Å². The van der Waals surface area contributed by atoms with Gasteiger partial charge in [-0.05, 0) is 13.3 Å². The van der Waals surface area contributed by atoms with Gasteiger partial charge >= 0.3 is 12.0 Å². The lowest BCUT2D eigenvalue weighted by atomic mass is 10.2. The van der Waals surface area contributed by atoms with Gasteiger partial charge in [-0.25, -0.2) is 14.6 Å². The fourth-order valence-electron chi connectivity index (χ4n) is 2.24. The molecule has 2 heterocycles. The summed E-state index contributed by atoms with van der Waals surface area (Å²) >= 11 is 1.09.